The van der Waals surface area contributed by atoms with Gasteiger partial charge in [0.1, 0.15) is 12.4 Å². The minimum atomic E-state index is 0.274. The smallest absolute Gasteiger partial charge is 0.252 e. The van der Waals surface area contributed by atoms with Crippen LogP contribution in [0.15, 0.2) is 4.52 Å². The summed E-state index contributed by atoms with van der Waals surface area (Å²) in [4.78, 5) is 12.9. The van der Waals surface area contributed by atoms with Gasteiger partial charge in [-0.2, -0.15) is 9.97 Å². The van der Waals surface area contributed by atoms with Crippen LogP contribution in [0.3, 0.4) is 0 Å². The van der Waals surface area contributed by atoms with Gasteiger partial charge < -0.3 is 25.6 Å². The number of nitrogens with two attached hydrogens (primary N) is 1. The zero-order valence-electron chi connectivity index (χ0n) is 12.4. The molecule has 4 N–H and O–H groups in total. The van der Waals surface area contributed by atoms with E-state index in [1.807, 2.05) is 0 Å². The summed E-state index contributed by atoms with van der Waals surface area (Å²) in [6, 6.07) is 0. The summed E-state index contributed by atoms with van der Waals surface area (Å²) < 4.78 is 10.0. The molecule has 1 aliphatic heterocycles. The summed E-state index contributed by atoms with van der Waals surface area (Å²) in [5.41, 5.74) is 7.89. The lowest BCUT2D eigenvalue weighted by molar-refractivity contribution is 0.151. The number of ether oxygens (including phenoxy) is 1. The largest absolute Gasteiger partial charge is 0.375 e. The predicted molar refractivity (Wildman–Crippen MR) is 79.1 cm³/mol. The highest BCUT2D eigenvalue weighted by Crippen LogP contribution is 2.20. The first-order valence-electron chi connectivity index (χ1n) is 7.16. The van der Waals surface area contributed by atoms with Crippen molar-refractivity contribution >= 4 is 11.8 Å². The van der Waals surface area contributed by atoms with E-state index in [9.17, 15) is 0 Å². The molecular weight excluding hydrogens is 286 g/mol. The first kappa shape index (κ1) is 14.7. The fourth-order valence-electron chi connectivity index (χ4n) is 2.42. The SMILES string of the molecule is COCc1nc(CNc2nc(N)nc3c2CCNCC3)no1. The Morgan fingerprint density at radius 3 is 3.00 bits per heavy atom. The summed E-state index contributed by atoms with van der Waals surface area (Å²) in [6.07, 6.45) is 1.70. The standard InChI is InChI=1S/C13H19N7O2/c1-21-7-11-18-10(20-22-11)6-16-12-8-2-4-15-5-3-9(8)17-13(14)19-12/h15H,2-7H2,1H3,(H3,14,16,17,19). The number of aromatic nitrogens is 4. The lowest BCUT2D eigenvalue weighted by atomic mass is 10.1. The van der Waals surface area contributed by atoms with E-state index in [-0.39, 0.29) is 5.95 Å². The normalized spacial score (nSPS) is 14.4. The lowest BCUT2D eigenvalue weighted by Gasteiger charge is -2.12. The third-order valence-corrected chi connectivity index (χ3v) is 3.39. The molecule has 0 aromatic carbocycles. The van der Waals surface area contributed by atoms with Gasteiger partial charge >= 0.3 is 0 Å². The summed E-state index contributed by atoms with van der Waals surface area (Å²) in [7, 11) is 1.58. The average Bonchev–Trinajstić information content (AvgIpc) is 2.81. The second-order valence-electron chi connectivity index (χ2n) is 5.00. The molecule has 0 spiro atoms. The first-order valence-corrected chi connectivity index (χ1v) is 7.16. The van der Waals surface area contributed by atoms with Crippen LogP contribution in [0.1, 0.15) is 23.0 Å². The maximum Gasteiger partial charge on any atom is 0.252 e. The summed E-state index contributed by atoms with van der Waals surface area (Å²) in [6.45, 7) is 2.50. The van der Waals surface area contributed by atoms with Gasteiger partial charge in [-0.15, -0.1) is 0 Å². The number of hydrogen-bond donors (Lipinski definition) is 3. The van der Waals surface area contributed by atoms with Crippen molar-refractivity contribution in [2.45, 2.75) is 26.0 Å². The number of rotatable bonds is 5. The Bertz CT molecular complexity index is 643. The van der Waals surface area contributed by atoms with Gasteiger partial charge in [-0.3, -0.25) is 0 Å². The van der Waals surface area contributed by atoms with Crippen LogP contribution in [0.25, 0.3) is 0 Å². The molecule has 1 aliphatic rings. The number of hydrogen-bond acceptors (Lipinski definition) is 9. The van der Waals surface area contributed by atoms with Crippen molar-refractivity contribution in [2.75, 3.05) is 31.2 Å². The van der Waals surface area contributed by atoms with Crippen molar-refractivity contribution < 1.29 is 9.26 Å². The monoisotopic (exact) mass is 305 g/mol. The van der Waals surface area contributed by atoms with E-state index < -0.39 is 0 Å². The molecule has 2 aromatic rings. The van der Waals surface area contributed by atoms with Gasteiger partial charge in [0.2, 0.25) is 5.95 Å². The molecule has 0 atom stereocenters. The van der Waals surface area contributed by atoms with Crippen molar-refractivity contribution in [3.8, 4) is 0 Å². The Hall–Kier alpha value is -2.26. The molecule has 3 heterocycles. The highest BCUT2D eigenvalue weighted by molar-refractivity contribution is 5.50. The van der Waals surface area contributed by atoms with E-state index in [0.717, 1.165) is 43.0 Å². The summed E-state index contributed by atoms with van der Waals surface area (Å²) in [5, 5.41) is 10.5. The van der Waals surface area contributed by atoms with E-state index in [4.69, 9.17) is 15.0 Å². The Morgan fingerprint density at radius 1 is 1.27 bits per heavy atom. The quantitative estimate of drug-likeness (QED) is 0.693. The minimum Gasteiger partial charge on any atom is -0.375 e. The highest BCUT2D eigenvalue weighted by Gasteiger charge is 2.16. The number of methoxy groups -OCH3 is 1. The molecule has 0 radical (unpaired) electrons. The van der Waals surface area contributed by atoms with E-state index in [1.165, 1.54) is 0 Å². The van der Waals surface area contributed by atoms with Crippen LogP contribution in [0, 0.1) is 0 Å². The Labute approximate surface area is 127 Å². The molecule has 0 saturated carbocycles. The molecule has 2 aromatic heterocycles. The van der Waals surface area contributed by atoms with E-state index in [2.05, 4.69) is 30.7 Å². The van der Waals surface area contributed by atoms with Crippen LogP contribution in [0.2, 0.25) is 0 Å². The Balaban J connectivity index is 1.75. The molecule has 118 valence electrons. The van der Waals surface area contributed by atoms with Gasteiger partial charge in [-0.05, 0) is 13.0 Å². The Morgan fingerprint density at radius 2 is 2.14 bits per heavy atom. The van der Waals surface area contributed by atoms with Crippen LogP contribution in [0.4, 0.5) is 11.8 Å². The molecular formula is C13H19N7O2. The van der Waals surface area contributed by atoms with E-state index in [0.29, 0.717) is 24.9 Å². The van der Waals surface area contributed by atoms with Gasteiger partial charge in [0.25, 0.3) is 5.89 Å². The van der Waals surface area contributed by atoms with Crippen molar-refractivity contribution in [2.24, 2.45) is 0 Å². The number of fused-ring (bicyclic) bond motifs is 1. The van der Waals surface area contributed by atoms with E-state index >= 15 is 0 Å². The first-order chi connectivity index (χ1) is 10.8. The molecule has 0 aliphatic carbocycles. The molecule has 3 rings (SSSR count). The van der Waals surface area contributed by atoms with Gasteiger partial charge in [0, 0.05) is 25.6 Å². The molecule has 0 bridgehead atoms. The van der Waals surface area contributed by atoms with Crippen LogP contribution in [-0.4, -0.2) is 40.3 Å². The van der Waals surface area contributed by atoms with Crippen LogP contribution >= 0.6 is 0 Å². The van der Waals surface area contributed by atoms with Crippen molar-refractivity contribution in [3.05, 3.63) is 23.0 Å². The topological polar surface area (TPSA) is 124 Å². The van der Waals surface area contributed by atoms with Crippen LogP contribution < -0.4 is 16.4 Å². The summed E-state index contributed by atoms with van der Waals surface area (Å²) in [5.74, 6) is 2.01. The van der Waals surface area contributed by atoms with Crippen molar-refractivity contribution in [3.63, 3.8) is 0 Å². The number of nitrogens with zero attached hydrogens (tertiary/aromatic N) is 4. The average molecular weight is 305 g/mol. The van der Waals surface area contributed by atoms with Crippen molar-refractivity contribution in [1.29, 1.82) is 0 Å². The van der Waals surface area contributed by atoms with Crippen molar-refractivity contribution in [1.82, 2.24) is 25.4 Å². The zero-order valence-corrected chi connectivity index (χ0v) is 12.4. The second kappa shape index (κ2) is 6.67. The zero-order chi connectivity index (χ0) is 15.4. The fourth-order valence-corrected chi connectivity index (χ4v) is 2.42. The number of nitrogens with one attached hydrogen (secondary N) is 2. The third kappa shape index (κ3) is 3.31. The molecule has 9 heteroatoms. The Kier molecular flexibility index (Phi) is 4.45. The molecule has 22 heavy (non-hydrogen) atoms. The number of nitrogen functional groups attached to an aromatic ring is 1. The third-order valence-electron chi connectivity index (χ3n) is 3.39. The summed E-state index contributed by atoms with van der Waals surface area (Å²) >= 11 is 0. The molecule has 0 unspecified atom stereocenters. The van der Waals surface area contributed by atoms with E-state index in [1.54, 1.807) is 7.11 Å². The molecule has 9 nitrogen and oxygen atoms in total. The van der Waals surface area contributed by atoms with Gasteiger partial charge in [-0.25, -0.2) is 4.98 Å². The second-order valence-corrected chi connectivity index (χ2v) is 5.00. The molecule has 0 fully saturated rings. The van der Waals surface area contributed by atoms with Gasteiger partial charge in [0.05, 0.1) is 12.2 Å². The van der Waals surface area contributed by atoms with Crippen LogP contribution in [-0.2, 0) is 30.7 Å². The predicted octanol–water partition coefficient (Wildman–Crippen LogP) is -0.111. The van der Waals surface area contributed by atoms with Crippen LogP contribution in [0.5, 0.6) is 0 Å². The highest BCUT2D eigenvalue weighted by atomic mass is 16.5. The number of anilines is 2. The fraction of sp³-hybridized carbons (Fsp3) is 0.538. The lowest BCUT2D eigenvalue weighted by Crippen LogP contribution is -2.16. The minimum absolute atomic E-state index is 0.274. The van der Waals surface area contributed by atoms with Gasteiger partial charge in [-0.1, -0.05) is 5.16 Å². The maximum atomic E-state index is 5.80. The maximum absolute atomic E-state index is 5.80. The van der Waals surface area contributed by atoms with Gasteiger partial charge in [0.15, 0.2) is 5.82 Å². The molecule has 0 amide bonds. The molecule has 0 saturated heterocycles.